The third kappa shape index (κ3) is 5.44. The Morgan fingerprint density at radius 1 is 1.26 bits per heavy atom. The summed E-state index contributed by atoms with van der Waals surface area (Å²) in [6, 6.07) is 12.8. The number of aliphatic hydroxyl groups excluding tert-OH is 1. The van der Waals surface area contributed by atoms with Crippen molar-refractivity contribution in [1.82, 2.24) is 16.2 Å². The number of carbonyl (C=O) groups is 1. The van der Waals surface area contributed by atoms with Crippen molar-refractivity contribution in [3.05, 3.63) is 58.6 Å². The zero-order valence-electron chi connectivity index (χ0n) is 20.2. The van der Waals surface area contributed by atoms with Gasteiger partial charge in [0.25, 0.3) is 0 Å². The molecule has 1 amide bonds. The van der Waals surface area contributed by atoms with Crippen molar-refractivity contribution in [1.29, 1.82) is 0 Å². The second-order valence-corrected chi connectivity index (χ2v) is 9.87. The molecule has 2 aromatic carbocycles. The maximum atomic E-state index is 12.9. The summed E-state index contributed by atoms with van der Waals surface area (Å²) in [5.74, 6) is 0.425. The van der Waals surface area contributed by atoms with Gasteiger partial charge in [-0.05, 0) is 51.1 Å². The van der Waals surface area contributed by atoms with Gasteiger partial charge in [0.2, 0.25) is 5.91 Å². The number of hydrogen-bond donors (Lipinski definition) is 5. The number of nitrogens with zero attached hydrogens (tertiary/aromatic N) is 2. The molecule has 9 nitrogen and oxygen atoms in total. The molecule has 0 bridgehead atoms. The molecule has 188 valence electrons. The molecule has 1 saturated heterocycles. The number of aliphatic imine (C=N–C) groups is 1. The van der Waals surface area contributed by atoms with Crippen LogP contribution >= 0.6 is 11.6 Å². The summed E-state index contributed by atoms with van der Waals surface area (Å²) < 4.78 is 5.50. The highest BCUT2D eigenvalue weighted by atomic mass is 35.5. The molecule has 2 aliphatic rings. The minimum Gasteiger partial charge on any atom is -0.497 e. The number of fused-ring (bicyclic) bond motifs is 3. The molecule has 4 atom stereocenters. The van der Waals surface area contributed by atoms with Gasteiger partial charge >= 0.3 is 0 Å². The van der Waals surface area contributed by atoms with E-state index in [0.717, 1.165) is 22.5 Å². The highest BCUT2D eigenvalue weighted by Gasteiger charge is 2.41. The minimum absolute atomic E-state index is 0.0588. The van der Waals surface area contributed by atoms with Crippen LogP contribution in [0.5, 0.6) is 5.75 Å². The molecular weight excluding hydrogens is 470 g/mol. The quantitative estimate of drug-likeness (QED) is 0.392. The van der Waals surface area contributed by atoms with E-state index in [2.05, 4.69) is 21.1 Å². The van der Waals surface area contributed by atoms with Gasteiger partial charge in [0, 0.05) is 28.4 Å². The molecule has 35 heavy (non-hydrogen) atoms. The maximum Gasteiger partial charge on any atom is 0.222 e. The van der Waals surface area contributed by atoms with Crippen LogP contribution in [0.1, 0.15) is 38.3 Å². The minimum atomic E-state index is -1.32. The molecule has 1 fully saturated rings. The van der Waals surface area contributed by atoms with Crippen molar-refractivity contribution in [3.8, 4) is 5.75 Å². The summed E-state index contributed by atoms with van der Waals surface area (Å²) in [5, 5.41) is 23.4. The second kappa shape index (κ2) is 10.1. The van der Waals surface area contributed by atoms with Gasteiger partial charge in [-0.3, -0.25) is 9.79 Å². The Bertz CT molecular complexity index is 1100. The van der Waals surface area contributed by atoms with Crippen LogP contribution in [0.2, 0.25) is 5.02 Å². The van der Waals surface area contributed by atoms with Gasteiger partial charge in [0.1, 0.15) is 11.9 Å². The Morgan fingerprint density at radius 2 is 1.97 bits per heavy atom. The van der Waals surface area contributed by atoms with E-state index in [1.165, 1.54) is 13.8 Å². The topological polar surface area (TPSA) is 118 Å². The van der Waals surface area contributed by atoms with Crippen molar-refractivity contribution in [2.45, 2.75) is 57.3 Å². The number of methoxy groups -OCH3 is 1. The number of hydrazine groups is 1. The van der Waals surface area contributed by atoms with Crippen LogP contribution in [-0.4, -0.2) is 65.6 Å². The highest BCUT2D eigenvalue weighted by Crippen LogP contribution is 2.36. The molecule has 5 N–H and O–H groups in total. The first-order valence-electron chi connectivity index (χ1n) is 11.6. The van der Waals surface area contributed by atoms with E-state index < -0.39 is 17.7 Å². The fourth-order valence-corrected chi connectivity index (χ4v) is 4.43. The Morgan fingerprint density at radius 3 is 2.63 bits per heavy atom. The number of anilines is 1. The van der Waals surface area contributed by atoms with Gasteiger partial charge in [-0.25, -0.2) is 10.9 Å². The first-order valence-corrected chi connectivity index (χ1v) is 11.9. The van der Waals surface area contributed by atoms with E-state index in [1.54, 1.807) is 7.11 Å². The summed E-state index contributed by atoms with van der Waals surface area (Å²) >= 11 is 6.14. The first-order chi connectivity index (χ1) is 16.6. The zero-order chi connectivity index (χ0) is 25.3. The van der Waals surface area contributed by atoms with E-state index in [9.17, 15) is 15.0 Å². The predicted molar refractivity (Wildman–Crippen MR) is 136 cm³/mol. The lowest BCUT2D eigenvalue weighted by Crippen LogP contribution is -2.49. The number of rotatable bonds is 7. The fourth-order valence-electron chi connectivity index (χ4n) is 4.31. The van der Waals surface area contributed by atoms with Crippen molar-refractivity contribution >= 4 is 28.9 Å². The lowest BCUT2D eigenvalue weighted by atomic mass is 9.99. The monoisotopic (exact) mass is 501 g/mol. The van der Waals surface area contributed by atoms with Crippen molar-refractivity contribution in [2.75, 3.05) is 18.6 Å². The third-order valence-electron chi connectivity index (χ3n) is 6.37. The van der Waals surface area contributed by atoms with E-state index in [1.807, 2.05) is 49.4 Å². The molecule has 2 aliphatic heterocycles. The van der Waals surface area contributed by atoms with Gasteiger partial charge in [0.05, 0.1) is 43.2 Å². The molecule has 0 aliphatic carbocycles. The van der Waals surface area contributed by atoms with E-state index in [4.69, 9.17) is 21.3 Å². The Kier molecular flexibility index (Phi) is 7.35. The van der Waals surface area contributed by atoms with Crippen LogP contribution in [0.25, 0.3) is 0 Å². The van der Waals surface area contributed by atoms with Crippen molar-refractivity contribution in [2.24, 2.45) is 4.99 Å². The molecule has 0 spiro atoms. The Labute approximate surface area is 210 Å². The molecule has 0 aromatic heterocycles. The van der Waals surface area contributed by atoms with Crippen molar-refractivity contribution in [3.63, 3.8) is 0 Å². The molecular formula is C25H32ClN5O4. The lowest BCUT2D eigenvalue weighted by molar-refractivity contribution is -0.123. The largest absolute Gasteiger partial charge is 0.497 e. The summed E-state index contributed by atoms with van der Waals surface area (Å²) in [6.07, 6.45) is -1.38. The number of halogens is 1. The van der Waals surface area contributed by atoms with Crippen LogP contribution in [0.4, 0.5) is 5.69 Å². The summed E-state index contributed by atoms with van der Waals surface area (Å²) in [4.78, 5) is 20.2. The maximum absolute atomic E-state index is 12.9. The van der Waals surface area contributed by atoms with Crippen LogP contribution < -0.4 is 25.8 Å². The molecule has 2 aromatic rings. The first kappa shape index (κ1) is 25.4. The molecule has 4 unspecified atom stereocenters. The van der Waals surface area contributed by atoms with Crippen LogP contribution in [0.15, 0.2) is 47.5 Å². The zero-order valence-corrected chi connectivity index (χ0v) is 21.0. The Balaban J connectivity index is 1.73. The summed E-state index contributed by atoms with van der Waals surface area (Å²) in [5.41, 5.74) is 8.65. The molecule has 10 heteroatoms. The van der Waals surface area contributed by atoms with Crippen LogP contribution in [0.3, 0.4) is 0 Å². The number of ether oxygens (including phenoxy) is 1. The van der Waals surface area contributed by atoms with E-state index in [0.29, 0.717) is 10.8 Å². The number of amides is 1. The normalized spacial score (nSPS) is 22.5. The van der Waals surface area contributed by atoms with E-state index in [-0.39, 0.29) is 31.2 Å². The Hall–Kier alpha value is -2.69. The number of aliphatic hydroxyl groups is 2. The molecule has 2 heterocycles. The van der Waals surface area contributed by atoms with Gasteiger partial charge < -0.3 is 25.2 Å². The predicted octanol–water partition coefficient (Wildman–Crippen LogP) is 1.79. The SMILES string of the molecule is COc1ccc2c(c1)C(c1ccc(Cl)cc1)=NC(CC(=O)NCC(O)C(C)(C)O)C1NNC(C)N21. The third-order valence-corrected chi connectivity index (χ3v) is 6.63. The summed E-state index contributed by atoms with van der Waals surface area (Å²) in [6.45, 7) is 4.97. The summed E-state index contributed by atoms with van der Waals surface area (Å²) in [7, 11) is 1.62. The highest BCUT2D eigenvalue weighted by molar-refractivity contribution is 6.30. The number of hydrogen-bond acceptors (Lipinski definition) is 8. The average molecular weight is 502 g/mol. The van der Waals surface area contributed by atoms with Gasteiger partial charge in [0.15, 0.2) is 0 Å². The fraction of sp³-hybridized carbons (Fsp3) is 0.440. The second-order valence-electron chi connectivity index (χ2n) is 9.43. The van der Waals surface area contributed by atoms with Crippen LogP contribution in [0, 0.1) is 0 Å². The van der Waals surface area contributed by atoms with Crippen LogP contribution in [-0.2, 0) is 4.79 Å². The number of benzene rings is 2. The number of nitrogens with one attached hydrogen (secondary N) is 3. The molecule has 0 saturated carbocycles. The average Bonchev–Trinajstić information content (AvgIpc) is 3.14. The standard InChI is InChI=1S/C25H32ClN5O4/c1-14-29-30-24-19(12-22(33)27-13-21(32)25(2,3)34)28-23(15-5-7-16(26)8-6-15)18-11-17(35-4)9-10-20(18)31(14)24/h5-11,14,19,21,24,29-30,32,34H,12-13H2,1-4H3,(H,27,33). The van der Waals surface area contributed by atoms with Gasteiger partial charge in [-0.15, -0.1) is 0 Å². The van der Waals surface area contributed by atoms with E-state index >= 15 is 0 Å². The number of carbonyl (C=O) groups excluding carboxylic acids is 1. The van der Waals surface area contributed by atoms with Gasteiger partial charge in [-0.2, -0.15) is 0 Å². The molecule has 4 rings (SSSR count). The smallest absolute Gasteiger partial charge is 0.222 e. The van der Waals surface area contributed by atoms with Gasteiger partial charge in [-0.1, -0.05) is 23.7 Å². The van der Waals surface area contributed by atoms with Crippen molar-refractivity contribution < 1.29 is 19.7 Å². The molecule has 0 radical (unpaired) electrons. The lowest BCUT2D eigenvalue weighted by Gasteiger charge is -2.31.